The number of benzene rings is 1. The Bertz CT molecular complexity index is 700. The van der Waals surface area contributed by atoms with Crippen LogP contribution in [0.3, 0.4) is 0 Å². The molecule has 0 amide bonds. The summed E-state index contributed by atoms with van der Waals surface area (Å²) >= 11 is 0. The minimum absolute atomic E-state index is 0. The molecule has 1 aliphatic carbocycles. The third-order valence-electron chi connectivity index (χ3n) is 4.72. The fourth-order valence-electron chi connectivity index (χ4n) is 3.50. The van der Waals surface area contributed by atoms with Gasteiger partial charge in [0.1, 0.15) is 0 Å². The van der Waals surface area contributed by atoms with Gasteiger partial charge in [-0.15, -0.1) is 12.4 Å². The summed E-state index contributed by atoms with van der Waals surface area (Å²) in [5.74, 6) is 0. The summed E-state index contributed by atoms with van der Waals surface area (Å²) in [5, 5.41) is 3.16. The van der Waals surface area contributed by atoms with Crippen LogP contribution in [0.1, 0.15) is 35.8 Å². The summed E-state index contributed by atoms with van der Waals surface area (Å²) in [4.78, 5) is 0. The van der Waals surface area contributed by atoms with Gasteiger partial charge < -0.3 is 9.88 Å². The molecule has 1 atom stereocenters. The third kappa shape index (κ3) is 4.21. The molecular weight excluding hydrogens is 349 g/mol. The molecule has 0 spiro atoms. The largest absolute Gasteiger partial charge is 0.343 e. The Morgan fingerprint density at radius 1 is 1.12 bits per heavy atom. The number of nitrogens with zero attached hydrogens (tertiary/aromatic N) is 1. The van der Waals surface area contributed by atoms with E-state index in [0.29, 0.717) is 0 Å². The number of hydrogen-bond acceptors (Lipinski definition) is 1. The Morgan fingerprint density at radius 2 is 1.88 bits per heavy atom. The van der Waals surface area contributed by atoms with Crippen molar-refractivity contribution < 1.29 is 13.2 Å². The molecule has 6 heteroatoms. The van der Waals surface area contributed by atoms with E-state index >= 15 is 0 Å². The number of aromatic nitrogens is 1. The van der Waals surface area contributed by atoms with Gasteiger partial charge in [-0.2, -0.15) is 0 Å². The molecule has 0 radical (unpaired) electrons. The van der Waals surface area contributed by atoms with Gasteiger partial charge in [0, 0.05) is 24.5 Å². The highest BCUT2D eigenvalue weighted by Crippen LogP contribution is 2.33. The molecular formula is C19H24ClF3N2. The topological polar surface area (TPSA) is 17.0 Å². The smallest absolute Gasteiger partial charge is 0.273 e. The number of hydrogen-bond donors (Lipinski definition) is 1. The summed E-state index contributed by atoms with van der Waals surface area (Å²) in [6, 6.07) is 8.68. The monoisotopic (exact) mass is 372 g/mol. The van der Waals surface area contributed by atoms with Crippen LogP contribution >= 0.6 is 12.4 Å². The molecule has 3 rings (SSSR count). The molecule has 0 saturated carbocycles. The van der Waals surface area contributed by atoms with Crippen LogP contribution in [-0.4, -0.2) is 24.6 Å². The van der Waals surface area contributed by atoms with Gasteiger partial charge in [0.25, 0.3) is 6.43 Å². The highest BCUT2D eigenvalue weighted by Gasteiger charge is 2.23. The zero-order chi connectivity index (χ0) is 17.1. The predicted molar refractivity (Wildman–Crippen MR) is 97.5 cm³/mol. The average Bonchev–Trinajstić information content (AvgIpc) is 2.98. The Labute approximate surface area is 152 Å². The predicted octanol–water partition coefficient (Wildman–Crippen LogP) is 4.95. The van der Waals surface area contributed by atoms with E-state index in [2.05, 4.69) is 16.0 Å². The first-order chi connectivity index (χ1) is 11.6. The Kier molecular flexibility index (Phi) is 6.96. The van der Waals surface area contributed by atoms with Gasteiger partial charge >= 0.3 is 0 Å². The second-order valence-corrected chi connectivity index (χ2v) is 6.33. The molecule has 2 nitrogen and oxygen atoms in total. The minimum atomic E-state index is -3.00. The second kappa shape index (κ2) is 8.77. The third-order valence-corrected chi connectivity index (χ3v) is 4.72. The van der Waals surface area contributed by atoms with Gasteiger partial charge in [-0.05, 0) is 61.6 Å². The van der Waals surface area contributed by atoms with Gasteiger partial charge in [-0.3, -0.25) is 0 Å². The van der Waals surface area contributed by atoms with Crippen LogP contribution in [0.25, 0.3) is 11.3 Å². The molecule has 1 aromatic carbocycles. The minimum Gasteiger partial charge on any atom is -0.343 e. The van der Waals surface area contributed by atoms with Gasteiger partial charge in [0.2, 0.25) is 0 Å². The first kappa shape index (κ1) is 19.9. The Hall–Kier alpha value is -1.46. The molecule has 0 fully saturated rings. The van der Waals surface area contributed by atoms with E-state index in [1.54, 1.807) is 12.1 Å². The average molecular weight is 373 g/mol. The lowest BCUT2D eigenvalue weighted by atomic mass is 9.98. The van der Waals surface area contributed by atoms with E-state index < -0.39 is 12.6 Å². The molecule has 25 heavy (non-hydrogen) atoms. The van der Waals surface area contributed by atoms with E-state index in [-0.39, 0.29) is 18.0 Å². The van der Waals surface area contributed by atoms with E-state index in [4.69, 9.17) is 0 Å². The van der Waals surface area contributed by atoms with E-state index in [1.165, 1.54) is 30.2 Å². The van der Waals surface area contributed by atoms with Crippen LogP contribution in [0, 0.1) is 0 Å². The first-order valence-corrected chi connectivity index (χ1v) is 8.50. The van der Waals surface area contributed by atoms with Gasteiger partial charge in [-0.1, -0.05) is 18.2 Å². The summed E-state index contributed by atoms with van der Waals surface area (Å²) in [6.07, 6.45) is -0.780. The van der Waals surface area contributed by atoms with E-state index in [1.807, 2.05) is 13.1 Å². The number of fused-ring (bicyclic) bond motifs is 1. The number of aryl methyl sites for hydroxylation is 1. The SMILES string of the molecule is CNCCn1c(-c2cccc(C(F)C(F)F)c2)cc2c1CCCC2.Cl. The molecule has 1 unspecified atom stereocenters. The van der Waals surface area contributed by atoms with Crippen molar-refractivity contribution in [2.75, 3.05) is 13.6 Å². The van der Waals surface area contributed by atoms with Crippen LogP contribution in [0.2, 0.25) is 0 Å². The molecule has 1 N–H and O–H groups in total. The molecule has 2 aromatic rings. The van der Waals surface area contributed by atoms with Crippen LogP contribution < -0.4 is 5.32 Å². The lowest BCUT2D eigenvalue weighted by Crippen LogP contribution is -2.18. The molecule has 1 heterocycles. The number of nitrogens with one attached hydrogen (secondary N) is 1. The maximum atomic E-state index is 13.7. The molecule has 0 saturated heterocycles. The van der Waals surface area contributed by atoms with Crippen molar-refractivity contribution in [2.24, 2.45) is 0 Å². The van der Waals surface area contributed by atoms with Crippen LogP contribution in [0.15, 0.2) is 30.3 Å². The molecule has 138 valence electrons. The van der Waals surface area contributed by atoms with Crippen molar-refractivity contribution >= 4 is 12.4 Å². The zero-order valence-electron chi connectivity index (χ0n) is 14.3. The van der Waals surface area contributed by atoms with E-state index in [0.717, 1.165) is 37.2 Å². The fraction of sp³-hybridized carbons (Fsp3) is 0.474. The van der Waals surface area contributed by atoms with Crippen LogP contribution in [0.4, 0.5) is 13.2 Å². The van der Waals surface area contributed by atoms with E-state index in [9.17, 15) is 13.2 Å². The summed E-state index contributed by atoms with van der Waals surface area (Å²) < 4.78 is 41.4. The highest BCUT2D eigenvalue weighted by atomic mass is 35.5. The van der Waals surface area contributed by atoms with Crippen molar-refractivity contribution in [1.29, 1.82) is 0 Å². The van der Waals surface area contributed by atoms with Crippen LogP contribution in [0.5, 0.6) is 0 Å². The molecule has 1 aromatic heterocycles. The van der Waals surface area contributed by atoms with Gasteiger partial charge in [-0.25, -0.2) is 13.2 Å². The fourth-order valence-corrected chi connectivity index (χ4v) is 3.50. The first-order valence-electron chi connectivity index (χ1n) is 8.50. The maximum absolute atomic E-state index is 13.7. The normalized spacial score (nSPS) is 14.9. The van der Waals surface area contributed by atoms with Crippen molar-refractivity contribution in [3.05, 3.63) is 47.2 Å². The number of halogens is 4. The van der Waals surface area contributed by atoms with Crippen molar-refractivity contribution in [3.8, 4) is 11.3 Å². The van der Waals surface area contributed by atoms with Gasteiger partial charge in [0.15, 0.2) is 6.17 Å². The Balaban J connectivity index is 0.00000225. The zero-order valence-corrected chi connectivity index (χ0v) is 15.1. The molecule has 0 bridgehead atoms. The number of likely N-dealkylation sites (N-methyl/N-ethyl adjacent to an activating group) is 1. The lowest BCUT2D eigenvalue weighted by Gasteiger charge is -2.17. The summed E-state index contributed by atoms with van der Waals surface area (Å²) in [7, 11) is 1.91. The van der Waals surface area contributed by atoms with Crippen molar-refractivity contribution in [1.82, 2.24) is 9.88 Å². The van der Waals surface area contributed by atoms with Crippen molar-refractivity contribution in [2.45, 2.75) is 44.8 Å². The summed E-state index contributed by atoms with van der Waals surface area (Å²) in [5.41, 5.74) is 4.52. The van der Waals surface area contributed by atoms with Crippen LogP contribution in [-0.2, 0) is 19.4 Å². The maximum Gasteiger partial charge on any atom is 0.273 e. The van der Waals surface area contributed by atoms with Gasteiger partial charge in [0.05, 0.1) is 0 Å². The number of rotatable bonds is 6. The second-order valence-electron chi connectivity index (χ2n) is 6.33. The lowest BCUT2D eigenvalue weighted by molar-refractivity contribution is 0.0496. The van der Waals surface area contributed by atoms with Crippen molar-refractivity contribution in [3.63, 3.8) is 0 Å². The standard InChI is InChI=1S/C19H23F3N2.ClH/c1-23-9-10-24-16-8-3-2-5-14(16)12-17(24)13-6-4-7-15(11-13)18(20)19(21)22;/h4,6-7,11-12,18-19,23H,2-3,5,8-10H2,1H3;1H. The summed E-state index contributed by atoms with van der Waals surface area (Å²) in [6.45, 7) is 1.65. The Morgan fingerprint density at radius 3 is 2.60 bits per heavy atom. The molecule has 0 aliphatic heterocycles. The highest BCUT2D eigenvalue weighted by molar-refractivity contribution is 5.85. The molecule has 1 aliphatic rings. The quantitative estimate of drug-likeness (QED) is 0.759. The number of alkyl halides is 3.